The Labute approximate surface area is 161 Å². The van der Waals surface area contributed by atoms with Crippen LogP contribution in [0, 0.1) is 0 Å². The summed E-state index contributed by atoms with van der Waals surface area (Å²) in [6.07, 6.45) is 0. The molecular weight excluding hydrogens is 393 g/mol. The Bertz CT molecular complexity index is 1040. The minimum Gasteiger partial charge on any atom is -0.268 e. The minimum absolute atomic E-state index is 0.00212. The number of halogens is 2. The van der Waals surface area contributed by atoms with Crippen molar-refractivity contribution in [3.63, 3.8) is 0 Å². The summed E-state index contributed by atoms with van der Waals surface area (Å²) in [4.78, 5) is 13.1. The fourth-order valence-electron chi connectivity index (χ4n) is 2.40. The number of carbonyl (C=O) groups excluding carboxylic acids is 1. The molecule has 0 fully saturated rings. The van der Waals surface area contributed by atoms with Crippen LogP contribution < -0.4 is 4.31 Å². The number of hydrogen-bond acceptors (Lipinski definition) is 3. The van der Waals surface area contributed by atoms with Crippen LogP contribution in [0.2, 0.25) is 10.0 Å². The van der Waals surface area contributed by atoms with Crippen molar-refractivity contribution in [1.82, 2.24) is 0 Å². The third kappa shape index (κ3) is 3.60. The first-order valence-corrected chi connectivity index (χ1v) is 9.75. The van der Waals surface area contributed by atoms with Crippen molar-refractivity contribution in [2.75, 3.05) is 4.31 Å². The van der Waals surface area contributed by atoms with E-state index >= 15 is 0 Å². The summed E-state index contributed by atoms with van der Waals surface area (Å²) in [6, 6.07) is 20.2. The summed E-state index contributed by atoms with van der Waals surface area (Å²) in [5.41, 5.74) is 0.256. The van der Waals surface area contributed by atoms with Gasteiger partial charge in [0.05, 0.1) is 21.2 Å². The van der Waals surface area contributed by atoms with Gasteiger partial charge in [0, 0.05) is 5.02 Å². The zero-order chi connectivity index (χ0) is 18.7. The van der Waals surface area contributed by atoms with Crippen molar-refractivity contribution >= 4 is 44.8 Å². The van der Waals surface area contributed by atoms with Gasteiger partial charge in [-0.05, 0) is 42.5 Å². The van der Waals surface area contributed by atoms with E-state index in [2.05, 4.69) is 0 Å². The summed E-state index contributed by atoms with van der Waals surface area (Å²) < 4.78 is 27.1. The zero-order valence-corrected chi connectivity index (χ0v) is 15.7. The van der Waals surface area contributed by atoms with Crippen LogP contribution in [-0.4, -0.2) is 14.3 Å². The number of carbonyl (C=O) groups is 1. The van der Waals surface area contributed by atoms with Crippen LogP contribution in [-0.2, 0) is 10.0 Å². The third-order valence-electron chi connectivity index (χ3n) is 3.62. The lowest BCUT2D eigenvalue weighted by atomic mass is 10.2. The molecule has 0 saturated heterocycles. The molecule has 0 radical (unpaired) electrons. The molecule has 0 aliphatic carbocycles. The monoisotopic (exact) mass is 405 g/mol. The Morgan fingerprint density at radius 3 is 1.96 bits per heavy atom. The molecule has 7 heteroatoms. The molecule has 0 unspecified atom stereocenters. The largest absolute Gasteiger partial charge is 0.273 e. The average Bonchev–Trinajstić information content (AvgIpc) is 2.63. The molecule has 0 heterocycles. The Hall–Kier alpha value is -2.34. The van der Waals surface area contributed by atoms with Gasteiger partial charge in [0.1, 0.15) is 0 Å². The normalized spacial score (nSPS) is 11.2. The van der Waals surface area contributed by atoms with E-state index in [-0.39, 0.29) is 21.2 Å². The van der Waals surface area contributed by atoms with Gasteiger partial charge < -0.3 is 0 Å². The molecular formula is C19H13Cl2NO3S. The van der Waals surface area contributed by atoms with Gasteiger partial charge in [0.2, 0.25) is 0 Å². The fourth-order valence-corrected chi connectivity index (χ4v) is 4.32. The summed E-state index contributed by atoms with van der Waals surface area (Å²) in [7, 11) is -4.14. The fraction of sp³-hybridized carbons (Fsp3) is 0. The maximum atomic E-state index is 13.2. The van der Waals surface area contributed by atoms with Crippen LogP contribution in [0.4, 0.5) is 5.69 Å². The number of para-hydroxylation sites is 1. The molecule has 0 atom stereocenters. The molecule has 0 N–H and O–H groups in total. The highest BCUT2D eigenvalue weighted by Crippen LogP contribution is 2.29. The van der Waals surface area contributed by atoms with Gasteiger partial charge in [-0.2, -0.15) is 4.31 Å². The van der Waals surface area contributed by atoms with E-state index in [0.717, 1.165) is 4.31 Å². The van der Waals surface area contributed by atoms with Gasteiger partial charge in [-0.3, -0.25) is 4.79 Å². The number of amides is 1. The Kier molecular flexibility index (Phi) is 5.32. The van der Waals surface area contributed by atoms with Crippen LogP contribution >= 0.6 is 23.2 Å². The molecule has 1 amide bonds. The van der Waals surface area contributed by atoms with Gasteiger partial charge in [-0.15, -0.1) is 0 Å². The molecule has 3 rings (SSSR count). The molecule has 0 aliphatic rings. The molecule has 0 aliphatic heterocycles. The standard InChI is InChI=1S/C19H13Cl2NO3S/c20-14-11-12-17(18(21)13-14)19(23)22(15-7-3-1-4-8-15)26(24,25)16-9-5-2-6-10-16/h1-13H. The number of hydrogen-bond donors (Lipinski definition) is 0. The highest BCUT2D eigenvalue weighted by Gasteiger charge is 2.32. The van der Waals surface area contributed by atoms with Crippen molar-refractivity contribution < 1.29 is 13.2 Å². The smallest absolute Gasteiger partial charge is 0.268 e. The topological polar surface area (TPSA) is 54.5 Å². The minimum atomic E-state index is -4.14. The highest BCUT2D eigenvalue weighted by molar-refractivity contribution is 7.93. The van der Waals surface area contributed by atoms with Crippen LogP contribution in [0.5, 0.6) is 0 Å². The highest BCUT2D eigenvalue weighted by atomic mass is 35.5. The van der Waals surface area contributed by atoms with E-state index in [1.165, 1.54) is 30.3 Å². The van der Waals surface area contributed by atoms with Crippen molar-refractivity contribution in [2.24, 2.45) is 0 Å². The molecule has 0 aromatic heterocycles. The van der Waals surface area contributed by atoms with Crippen molar-refractivity contribution in [3.05, 3.63) is 94.5 Å². The predicted molar refractivity (Wildman–Crippen MR) is 103 cm³/mol. The van der Waals surface area contributed by atoms with Crippen LogP contribution in [0.15, 0.2) is 83.8 Å². The summed E-state index contributed by atoms with van der Waals surface area (Å²) in [6.45, 7) is 0. The Morgan fingerprint density at radius 2 is 1.38 bits per heavy atom. The molecule has 4 nitrogen and oxygen atoms in total. The maximum absolute atomic E-state index is 13.2. The van der Waals surface area contributed by atoms with E-state index in [9.17, 15) is 13.2 Å². The number of sulfonamides is 1. The van der Waals surface area contributed by atoms with Crippen molar-refractivity contribution in [1.29, 1.82) is 0 Å². The number of nitrogens with zero attached hydrogens (tertiary/aromatic N) is 1. The Morgan fingerprint density at radius 1 is 0.808 bits per heavy atom. The van der Waals surface area contributed by atoms with Crippen molar-refractivity contribution in [3.8, 4) is 0 Å². The number of anilines is 1. The van der Waals surface area contributed by atoms with Crippen LogP contribution in [0.1, 0.15) is 10.4 Å². The van der Waals surface area contributed by atoms with E-state index < -0.39 is 15.9 Å². The molecule has 0 saturated carbocycles. The van der Waals surface area contributed by atoms with Crippen LogP contribution in [0.3, 0.4) is 0 Å². The summed E-state index contributed by atoms with van der Waals surface area (Å²) in [5, 5.41) is 0.426. The van der Waals surface area contributed by atoms with Gasteiger partial charge in [-0.25, -0.2) is 8.42 Å². The van der Waals surface area contributed by atoms with Crippen LogP contribution in [0.25, 0.3) is 0 Å². The maximum Gasteiger partial charge on any atom is 0.273 e. The first-order chi connectivity index (χ1) is 12.4. The van der Waals surface area contributed by atoms with E-state index in [1.807, 2.05) is 0 Å². The van der Waals surface area contributed by atoms with Crippen molar-refractivity contribution in [2.45, 2.75) is 4.90 Å². The Balaban J connectivity index is 2.18. The molecule has 26 heavy (non-hydrogen) atoms. The first-order valence-electron chi connectivity index (χ1n) is 7.56. The lowest BCUT2D eigenvalue weighted by Gasteiger charge is -2.23. The first kappa shape index (κ1) is 18.5. The zero-order valence-electron chi connectivity index (χ0n) is 13.3. The lowest BCUT2D eigenvalue weighted by molar-refractivity contribution is 0.101. The van der Waals surface area contributed by atoms with Gasteiger partial charge in [0.25, 0.3) is 15.9 Å². The van der Waals surface area contributed by atoms with E-state index in [0.29, 0.717) is 5.02 Å². The molecule has 3 aromatic carbocycles. The van der Waals surface area contributed by atoms with E-state index in [1.54, 1.807) is 48.5 Å². The lowest BCUT2D eigenvalue weighted by Crippen LogP contribution is -2.37. The van der Waals surface area contributed by atoms with Gasteiger partial charge in [-0.1, -0.05) is 59.6 Å². The molecule has 132 valence electrons. The summed E-state index contributed by atoms with van der Waals surface area (Å²) in [5.74, 6) is -0.762. The second-order valence-corrected chi connectivity index (χ2v) is 7.98. The molecule has 3 aromatic rings. The average molecular weight is 406 g/mol. The third-order valence-corrected chi connectivity index (χ3v) is 5.89. The second kappa shape index (κ2) is 7.50. The second-order valence-electron chi connectivity index (χ2n) is 5.35. The quantitative estimate of drug-likeness (QED) is 0.611. The van der Waals surface area contributed by atoms with E-state index in [4.69, 9.17) is 23.2 Å². The SMILES string of the molecule is O=C(c1ccc(Cl)cc1Cl)N(c1ccccc1)S(=O)(=O)c1ccccc1. The predicted octanol–water partition coefficient (Wildman–Crippen LogP) is 5.03. The van der Waals surface area contributed by atoms with Gasteiger partial charge in [0.15, 0.2) is 0 Å². The molecule has 0 bridgehead atoms. The number of benzene rings is 3. The van der Waals surface area contributed by atoms with Gasteiger partial charge >= 0.3 is 0 Å². The number of rotatable bonds is 4. The molecule has 0 spiro atoms. The summed E-state index contributed by atoms with van der Waals surface area (Å²) >= 11 is 12.0.